The molecule has 184 valence electrons. The normalized spacial score (nSPS) is 21.4. The minimum absolute atomic E-state index is 0.000623. The third-order valence-electron chi connectivity index (χ3n) is 6.46. The number of likely N-dealkylation sites (tertiary alicyclic amines) is 1. The molecule has 10 heteroatoms. The number of aliphatic hydroxyl groups excluding tert-OH is 1. The summed E-state index contributed by atoms with van der Waals surface area (Å²) in [6, 6.07) is 11.0. The molecule has 0 radical (unpaired) electrons. The average molecular weight is 498 g/mol. The van der Waals surface area contributed by atoms with Crippen LogP contribution in [0.15, 0.2) is 47.5 Å². The van der Waals surface area contributed by atoms with Gasteiger partial charge in [-0.25, -0.2) is 9.37 Å². The van der Waals surface area contributed by atoms with Gasteiger partial charge in [0.15, 0.2) is 0 Å². The number of fused-ring (bicyclic) bond motifs is 2. The van der Waals surface area contributed by atoms with E-state index < -0.39 is 12.3 Å². The number of halogens is 1. The molecule has 5 rings (SSSR count). The van der Waals surface area contributed by atoms with Gasteiger partial charge >= 0.3 is 0 Å². The van der Waals surface area contributed by atoms with Crippen LogP contribution in [-0.4, -0.2) is 70.6 Å². The van der Waals surface area contributed by atoms with Crippen LogP contribution in [0.4, 0.5) is 10.1 Å². The smallest absolute Gasteiger partial charge is 0.234 e. The summed E-state index contributed by atoms with van der Waals surface area (Å²) in [5.41, 5.74) is 3.74. The van der Waals surface area contributed by atoms with Crippen molar-refractivity contribution in [1.29, 1.82) is 0 Å². The van der Waals surface area contributed by atoms with Crippen molar-refractivity contribution in [3.8, 4) is 5.88 Å². The Bertz CT molecular complexity index is 1230. The first-order valence-corrected chi connectivity index (χ1v) is 12.6. The van der Waals surface area contributed by atoms with Crippen LogP contribution in [0.25, 0.3) is 11.0 Å². The molecule has 2 aliphatic heterocycles. The summed E-state index contributed by atoms with van der Waals surface area (Å²) < 4.78 is 20.3. The summed E-state index contributed by atoms with van der Waals surface area (Å²) in [5, 5.41) is 17.2. The molecule has 0 spiro atoms. The zero-order valence-electron chi connectivity index (χ0n) is 19.4. The number of thioether (sulfide) groups is 1. The van der Waals surface area contributed by atoms with E-state index in [9.17, 15) is 9.90 Å². The number of nitrogens with zero attached hydrogens (tertiary/aromatic N) is 3. The summed E-state index contributed by atoms with van der Waals surface area (Å²) in [6.45, 7) is 1.75. The topological polar surface area (TPSA) is 99.6 Å². The number of carbonyl (C=O) groups excluding carboxylic acids is 1. The molecule has 1 saturated heterocycles. The number of hydrogen-bond donors (Lipinski definition) is 3. The van der Waals surface area contributed by atoms with Crippen LogP contribution in [0, 0.1) is 0 Å². The van der Waals surface area contributed by atoms with Crippen LogP contribution < -0.4 is 15.4 Å². The van der Waals surface area contributed by atoms with Crippen molar-refractivity contribution >= 4 is 34.4 Å². The van der Waals surface area contributed by atoms with Crippen molar-refractivity contribution < 1.29 is 19.0 Å². The summed E-state index contributed by atoms with van der Waals surface area (Å²) >= 11 is 1.53. The van der Waals surface area contributed by atoms with Crippen molar-refractivity contribution in [3.05, 3.63) is 53.7 Å². The first-order chi connectivity index (χ1) is 17.0. The number of methoxy groups -OCH3 is 1. The van der Waals surface area contributed by atoms with Crippen LogP contribution in [0.3, 0.4) is 0 Å². The second-order valence-corrected chi connectivity index (χ2v) is 9.87. The molecule has 1 amide bonds. The number of alkyl halides is 1. The van der Waals surface area contributed by atoms with Crippen LogP contribution >= 0.6 is 11.8 Å². The molecule has 4 heterocycles. The lowest BCUT2D eigenvalue weighted by Crippen LogP contribution is -2.51. The lowest BCUT2D eigenvalue weighted by atomic mass is 10.0. The molecule has 3 aromatic rings. The van der Waals surface area contributed by atoms with E-state index in [2.05, 4.69) is 20.6 Å². The third kappa shape index (κ3) is 5.40. The molecular weight excluding hydrogens is 469 g/mol. The second kappa shape index (κ2) is 10.4. The number of β-amino-alcohol motifs (C(OH)–C–C–N with tert-alkyl or cyclic N) is 1. The number of aliphatic hydroxyl groups is 1. The van der Waals surface area contributed by atoms with Crippen molar-refractivity contribution in [3.63, 3.8) is 0 Å². The van der Waals surface area contributed by atoms with Gasteiger partial charge in [-0.2, -0.15) is 0 Å². The van der Waals surface area contributed by atoms with Gasteiger partial charge in [0, 0.05) is 48.4 Å². The number of aromatic nitrogens is 2. The summed E-state index contributed by atoms with van der Waals surface area (Å²) in [6.07, 6.45) is 0.402. The van der Waals surface area contributed by atoms with Crippen LogP contribution in [0.5, 0.6) is 5.88 Å². The molecule has 35 heavy (non-hydrogen) atoms. The number of ether oxygens (including phenoxy) is 1. The second-order valence-electron chi connectivity index (χ2n) is 8.86. The van der Waals surface area contributed by atoms with E-state index in [0.717, 1.165) is 16.1 Å². The Morgan fingerprint density at radius 1 is 1.34 bits per heavy atom. The van der Waals surface area contributed by atoms with Crippen molar-refractivity contribution in [2.45, 2.75) is 36.2 Å². The van der Waals surface area contributed by atoms with Gasteiger partial charge in [-0.05, 0) is 42.8 Å². The molecule has 0 unspecified atom stereocenters. The zero-order chi connectivity index (χ0) is 24.4. The molecule has 0 aliphatic carbocycles. The molecule has 3 atom stereocenters. The minimum atomic E-state index is -1.06. The standard InChI is InChI=1S/C25H28FN5O3S/c1-34-24-5-3-19-25(30-24)16(6-8-27-19)21(32)13-31-9-7-18(17(26)12-31)28-11-15-2-4-22-20(10-15)29-23(33)14-35-22/h2-6,8,10,17-18,21,28,32H,7,9,11-14H2,1H3,(H,29,33)/t17-,18+,21+/m1/s1. The molecule has 1 aromatic carbocycles. The van der Waals surface area contributed by atoms with E-state index in [-0.39, 0.29) is 18.5 Å². The molecule has 8 nitrogen and oxygen atoms in total. The summed E-state index contributed by atoms with van der Waals surface area (Å²) in [4.78, 5) is 23.4. The molecular formula is C25H28FN5O3S. The average Bonchev–Trinajstić information content (AvgIpc) is 2.87. The third-order valence-corrected chi connectivity index (χ3v) is 7.53. The van der Waals surface area contributed by atoms with Gasteiger partial charge < -0.3 is 20.5 Å². The molecule has 0 bridgehead atoms. The van der Waals surface area contributed by atoms with Gasteiger partial charge in [-0.15, -0.1) is 11.8 Å². The van der Waals surface area contributed by atoms with E-state index >= 15 is 4.39 Å². The number of benzene rings is 1. The Labute approximate surface area is 207 Å². The highest BCUT2D eigenvalue weighted by Gasteiger charge is 2.30. The maximum Gasteiger partial charge on any atom is 0.234 e. The SMILES string of the molecule is COc1ccc2nccc([C@@H](O)CN3CC[C@H](NCc4ccc5c(c4)NC(=O)CS5)[C@H](F)C3)c2n1. The maximum absolute atomic E-state index is 15.0. The van der Waals surface area contributed by atoms with Crippen molar-refractivity contribution in [1.82, 2.24) is 20.2 Å². The Morgan fingerprint density at radius 2 is 2.23 bits per heavy atom. The first-order valence-electron chi connectivity index (χ1n) is 11.6. The maximum atomic E-state index is 15.0. The van der Waals surface area contributed by atoms with Gasteiger partial charge in [0.05, 0.1) is 35.7 Å². The quantitative estimate of drug-likeness (QED) is 0.458. The number of amides is 1. The molecule has 2 aliphatic rings. The minimum Gasteiger partial charge on any atom is -0.481 e. The number of rotatable bonds is 7. The molecule has 0 saturated carbocycles. The van der Waals surface area contributed by atoms with E-state index in [1.165, 1.54) is 11.8 Å². The number of pyridine rings is 2. The predicted molar refractivity (Wildman–Crippen MR) is 133 cm³/mol. The monoisotopic (exact) mass is 497 g/mol. The van der Waals surface area contributed by atoms with Gasteiger partial charge in [0.1, 0.15) is 6.17 Å². The van der Waals surface area contributed by atoms with Crippen LogP contribution in [0.2, 0.25) is 0 Å². The highest BCUT2D eigenvalue weighted by molar-refractivity contribution is 8.00. The van der Waals surface area contributed by atoms with E-state index in [0.29, 0.717) is 54.3 Å². The van der Waals surface area contributed by atoms with E-state index in [1.54, 1.807) is 25.4 Å². The lowest BCUT2D eigenvalue weighted by molar-refractivity contribution is -0.113. The van der Waals surface area contributed by atoms with Crippen LogP contribution in [0.1, 0.15) is 23.7 Å². The highest BCUT2D eigenvalue weighted by Crippen LogP contribution is 2.32. The largest absolute Gasteiger partial charge is 0.481 e. The Kier molecular flexibility index (Phi) is 7.14. The zero-order valence-corrected chi connectivity index (χ0v) is 20.2. The van der Waals surface area contributed by atoms with Gasteiger partial charge in [-0.1, -0.05) is 6.07 Å². The van der Waals surface area contributed by atoms with Crippen LogP contribution in [-0.2, 0) is 11.3 Å². The summed E-state index contributed by atoms with van der Waals surface area (Å²) in [7, 11) is 1.54. The van der Waals surface area contributed by atoms with Gasteiger partial charge in [0.2, 0.25) is 11.8 Å². The fourth-order valence-corrected chi connectivity index (χ4v) is 5.39. The van der Waals surface area contributed by atoms with Crippen molar-refractivity contribution in [2.75, 3.05) is 37.8 Å². The van der Waals surface area contributed by atoms with Gasteiger partial charge in [0.25, 0.3) is 0 Å². The number of carbonyl (C=O) groups is 1. The molecule has 2 aromatic heterocycles. The first kappa shape index (κ1) is 23.9. The number of anilines is 1. The van der Waals surface area contributed by atoms with E-state index in [1.807, 2.05) is 29.2 Å². The highest BCUT2D eigenvalue weighted by atomic mass is 32.2. The number of piperidine rings is 1. The Hall–Kier alpha value is -2.79. The Balaban J connectivity index is 1.17. The van der Waals surface area contributed by atoms with Crippen molar-refractivity contribution in [2.24, 2.45) is 0 Å². The fraction of sp³-hybridized carbons (Fsp3) is 0.400. The predicted octanol–water partition coefficient (Wildman–Crippen LogP) is 2.92. The number of nitrogens with one attached hydrogen (secondary N) is 2. The molecule has 3 N–H and O–H groups in total. The Morgan fingerprint density at radius 3 is 3.06 bits per heavy atom. The summed E-state index contributed by atoms with van der Waals surface area (Å²) in [5.74, 6) is 0.888. The molecule has 1 fully saturated rings. The lowest BCUT2D eigenvalue weighted by Gasteiger charge is -2.36. The fourth-order valence-electron chi connectivity index (χ4n) is 4.61. The number of hydrogen-bond acceptors (Lipinski definition) is 8. The van der Waals surface area contributed by atoms with Gasteiger partial charge in [-0.3, -0.25) is 14.7 Å². The van der Waals surface area contributed by atoms with E-state index in [4.69, 9.17) is 4.74 Å².